The number of benzene rings is 1. The summed E-state index contributed by atoms with van der Waals surface area (Å²) in [5, 5.41) is 17.3. The Balaban J connectivity index is 2.00. The number of carbonyl (C=O) groups is 1. The second kappa shape index (κ2) is 6.84. The fraction of sp³-hybridized carbons (Fsp3) is 0.333. The summed E-state index contributed by atoms with van der Waals surface area (Å²) >= 11 is 1.35. The van der Waals surface area contributed by atoms with Crippen LogP contribution in [0, 0.1) is 11.3 Å². The normalized spacial score (nSPS) is 12.3. The molecule has 1 heterocycles. The molecule has 2 aromatic rings. The summed E-state index contributed by atoms with van der Waals surface area (Å²) in [6.45, 7) is 8.30. The number of hydrogen-bond donors (Lipinski definition) is 2. The van der Waals surface area contributed by atoms with E-state index in [-0.39, 0.29) is 11.3 Å². The van der Waals surface area contributed by atoms with Gasteiger partial charge in [-0.1, -0.05) is 32.9 Å². The van der Waals surface area contributed by atoms with Crippen molar-refractivity contribution in [3.63, 3.8) is 0 Å². The largest absolute Gasteiger partial charge is 0.374 e. The van der Waals surface area contributed by atoms with E-state index in [9.17, 15) is 4.79 Å². The van der Waals surface area contributed by atoms with E-state index in [0.717, 1.165) is 5.69 Å². The number of anilines is 2. The lowest BCUT2D eigenvalue weighted by Crippen LogP contribution is -2.31. The highest BCUT2D eigenvalue weighted by Gasteiger charge is 2.16. The predicted octanol–water partition coefficient (Wildman–Crippen LogP) is 4.36. The third kappa shape index (κ3) is 4.33. The van der Waals surface area contributed by atoms with Gasteiger partial charge < -0.3 is 10.6 Å². The molecule has 1 atom stereocenters. The second-order valence-electron chi connectivity index (χ2n) is 6.46. The molecule has 1 amide bonds. The molecule has 0 radical (unpaired) electrons. The van der Waals surface area contributed by atoms with Gasteiger partial charge in [0.2, 0.25) is 5.91 Å². The van der Waals surface area contributed by atoms with Gasteiger partial charge in [-0.15, -0.1) is 11.3 Å². The predicted molar refractivity (Wildman–Crippen MR) is 95.9 cm³/mol. The van der Waals surface area contributed by atoms with Gasteiger partial charge in [0.25, 0.3) is 0 Å². The fourth-order valence-corrected chi connectivity index (χ4v) is 2.84. The molecule has 0 fully saturated rings. The first-order chi connectivity index (χ1) is 10.8. The molecule has 0 bridgehead atoms. The van der Waals surface area contributed by atoms with Gasteiger partial charge in [-0.3, -0.25) is 4.79 Å². The van der Waals surface area contributed by atoms with Gasteiger partial charge in [-0.2, -0.15) is 5.26 Å². The van der Waals surface area contributed by atoms with Crippen LogP contribution in [0.25, 0.3) is 0 Å². The summed E-state index contributed by atoms with van der Waals surface area (Å²) in [5.74, 6) is -0.163. The van der Waals surface area contributed by atoms with Crippen molar-refractivity contribution in [3.8, 4) is 6.07 Å². The van der Waals surface area contributed by atoms with E-state index in [1.807, 2.05) is 12.1 Å². The molecule has 23 heavy (non-hydrogen) atoms. The highest BCUT2D eigenvalue weighted by molar-refractivity contribution is 7.14. The van der Waals surface area contributed by atoms with E-state index in [0.29, 0.717) is 10.6 Å². The van der Waals surface area contributed by atoms with E-state index in [4.69, 9.17) is 5.26 Å². The average molecular weight is 327 g/mol. The Morgan fingerprint density at radius 2 is 1.87 bits per heavy atom. The minimum absolute atomic E-state index is 0.106. The molecular formula is C18H21N3OS. The van der Waals surface area contributed by atoms with E-state index in [1.54, 1.807) is 18.4 Å². The average Bonchev–Trinajstić information content (AvgIpc) is 2.94. The number of nitrogens with zero attached hydrogens (tertiary/aromatic N) is 1. The number of hydrogen-bond acceptors (Lipinski definition) is 4. The molecule has 5 heteroatoms. The summed E-state index contributed by atoms with van der Waals surface area (Å²) in [7, 11) is 0. The Labute approximate surface area is 141 Å². The van der Waals surface area contributed by atoms with Crippen LogP contribution in [0.1, 0.15) is 38.8 Å². The lowest BCUT2D eigenvalue weighted by molar-refractivity contribution is -0.116. The molecule has 0 unspecified atom stereocenters. The maximum Gasteiger partial charge on any atom is 0.247 e. The van der Waals surface area contributed by atoms with Crippen LogP contribution in [0.4, 0.5) is 10.7 Å². The Morgan fingerprint density at radius 3 is 2.43 bits per heavy atom. The smallest absolute Gasteiger partial charge is 0.247 e. The summed E-state index contributed by atoms with van der Waals surface area (Å²) in [4.78, 5) is 12.2. The van der Waals surface area contributed by atoms with Gasteiger partial charge in [0.15, 0.2) is 0 Å². The Bertz CT molecular complexity index is 720. The minimum atomic E-state index is -0.399. The summed E-state index contributed by atoms with van der Waals surface area (Å²) in [6, 6.07) is 11.5. The minimum Gasteiger partial charge on any atom is -0.374 e. The van der Waals surface area contributed by atoms with E-state index >= 15 is 0 Å². The van der Waals surface area contributed by atoms with Crippen LogP contribution in [-0.2, 0) is 10.2 Å². The van der Waals surface area contributed by atoms with Crippen molar-refractivity contribution in [2.24, 2.45) is 0 Å². The number of nitriles is 1. The molecule has 0 saturated carbocycles. The molecule has 2 N–H and O–H groups in total. The summed E-state index contributed by atoms with van der Waals surface area (Å²) < 4.78 is 0. The van der Waals surface area contributed by atoms with Gasteiger partial charge >= 0.3 is 0 Å². The van der Waals surface area contributed by atoms with Gasteiger partial charge in [-0.25, -0.2) is 0 Å². The molecule has 0 spiro atoms. The van der Waals surface area contributed by atoms with Crippen molar-refractivity contribution in [2.75, 3.05) is 10.6 Å². The SMILES string of the molecule is C[C@H](Nc1ccc(C(C)(C)C)cc1)C(=O)Nc1sccc1C#N. The molecule has 120 valence electrons. The van der Waals surface area contributed by atoms with Gasteiger partial charge in [0, 0.05) is 5.69 Å². The van der Waals surface area contributed by atoms with Crippen LogP contribution in [-0.4, -0.2) is 11.9 Å². The topological polar surface area (TPSA) is 64.9 Å². The Kier molecular flexibility index (Phi) is 5.07. The van der Waals surface area contributed by atoms with Gasteiger partial charge in [0.05, 0.1) is 5.56 Å². The van der Waals surface area contributed by atoms with Crippen molar-refractivity contribution >= 4 is 27.9 Å². The lowest BCUT2D eigenvalue weighted by Gasteiger charge is -2.20. The van der Waals surface area contributed by atoms with E-state index in [2.05, 4.69) is 49.6 Å². The van der Waals surface area contributed by atoms with E-state index < -0.39 is 6.04 Å². The molecule has 2 rings (SSSR count). The number of thiophene rings is 1. The zero-order valence-corrected chi connectivity index (χ0v) is 14.6. The van der Waals surface area contributed by atoms with Crippen molar-refractivity contribution in [3.05, 3.63) is 46.8 Å². The molecule has 0 aliphatic rings. The number of nitrogens with one attached hydrogen (secondary N) is 2. The van der Waals surface area contributed by atoms with Crippen molar-refractivity contribution in [1.82, 2.24) is 0 Å². The molecule has 0 aliphatic carbocycles. The molecular weight excluding hydrogens is 306 g/mol. The second-order valence-corrected chi connectivity index (χ2v) is 7.37. The third-order valence-electron chi connectivity index (χ3n) is 3.55. The standard InChI is InChI=1S/C18H21N3OS/c1-12(16(22)21-17-13(11-19)9-10-23-17)20-15-7-5-14(6-8-15)18(2,3)4/h5-10,12,20H,1-4H3,(H,21,22)/t12-/m0/s1. The molecule has 0 aliphatic heterocycles. The maximum absolute atomic E-state index is 12.2. The number of amides is 1. The summed E-state index contributed by atoms with van der Waals surface area (Å²) in [6.07, 6.45) is 0. The number of carbonyl (C=O) groups excluding carboxylic acids is 1. The molecule has 0 saturated heterocycles. The maximum atomic E-state index is 12.2. The Hall–Kier alpha value is -2.32. The quantitative estimate of drug-likeness (QED) is 0.877. The highest BCUT2D eigenvalue weighted by Crippen LogP contribution is 2.24. The fourth-order valence-electron chi connectivity index (χ4n) is 2.10. The van der Waals surface area contributed by atoms with Crippen molar-refractivity contribution in [2.45, 2.75) is 39.2 Å². The lowest BCUT2D eigenvalue weighted by atomic mass is 9.87. The van der Waals surface area contributed by atoms with Crippen molar-refractivity contribution < 1.29 is 4.79 Å². The van der Waals surface area contributed by atoms with Crippen LogP contribution in [0.15, 0.2) is 35.7 Å². The zero-order valence-electron chi connectivity index (χ0n) is 13.8. The van der Waals surface area contributed by atoms with Gasteiger partial charge in [-0.05, 0) is 41.5 Å². The van der Waals surface area contributed by atoms with Crippen LogP contribution in [0.3, 0.4) is 0 Å². The highest BCUT2D eigenvalue weighted by atomic mass is 32.1. The van der Waals surface area contributed by atoms with Crippen LogP contribution < -0.4 is 10.6 Å². The monoisotopic (exact) mass is 327 g/mol. The molecule has 4 nitrogen and oxygen atoms in total. The first kappa shape index (κ1) is 17.0. The molecule has 1 aromatic heterocycles. The van der Waals surface area contributed by atoms with Crippen LogP contribution in [0.2, 0.25) is 0 Å². The molecule has 1 aromatic carbocycles. The third-order valence-corrected chi connectivity index (χ3v) is 4.38. The van der Waals surface area contributed by atoms with Crippen molar-refractivity contribution in [1.29, 1.82) is 5.26 Å². The van der Waals surface area contributed by atoms with Crippen LogP contribution in [0.5, 0.6) is 0 Å². The summed E-state index contributed by atoms with van der Waals surface area (Å²) in [5.41, 5.74) is 2.74. The number of rotatable bonds is 4. The van der Waals surface area contributed by atoms with E-state index in [1.165, 1.54) is 16.9 Å². The zero-order chi connectivity index (χ0) is 17.0. The first-order valence-electron chi connectivity index (χ1n) is 7.47. The Morgan fingerprint density at radius 1 is 1.22 bits per heavy atom. The first-order valence-corrected chi connectivity index (χ1v) is 8.35. The van der Waals surface area contributed by atoms with Gasteiger partial charge in [0.1, 0.15) is 17.1 Å². The van der Waals surface area contributed by atoms with Crippen LogP contribution >= 0.6 is 11.3 Å².